The molecule has 0 radical (unpaired) electrons. The Hall–Kier alpha value is -0.570. The van der Waals surface area contributed by atoms with E-state index in [9.17, 15) is 4.79 Å². The Morgan fingerprint density at radius 1 is 1.55 bits per heavy atom. The van der Waals surface area contributed by atoms with Crippen molar-refractivity contribution in [3.8, 4) is 0 Å². The molecule has 0 spiro atoms. The summed E-state index contributed by atoms with van der Waals surface area (Å²) in [5, 5.41) is 2.69. The van der Waals surface area contributed by atoms with E-state index in [1.165, 1.54) is 6.92 Å². The van der Waals surface area contributed by atoms with Gasteiger partial charge in [-0.25, -0.2) is 0 Å². The minimum absolute atomic E-state index is 0.00999. The van der Waals surface area contributed by atoms with E-state index in [2.05, 4.69) is 19.2 Å². The summed E-state index contributed by atoms with van der Waals surface area (Å²) in [5.74, 6) is 0.586. The van der Waals surface area contributed by atoms with Gasteiger partial charge in [-0.1, -0.05) is 13.8 Å². The lowest BCUT2D eigenvalue weighted by molar-refractivity contribution is -0.119. The van der Waals surface area contributed by atoms with Crippen LogP contribution in [0.3, 0.4) is 0 Å². The zero-order valence-corrected chi connectivity index (χ0v) is 7.55. The van der Waals surface area contributed by atoms with Crippen molar-refractivity contribution in [2.24, 2.45) is 11.7 Å². The molecule has 0 aromatic rings. The molecule has 0 aliphatic rings. The molecule has 66 valence electrons. The lowest BCUT2D eigenvalue weighted by Gasteiger charge is -2.13. The summed E-state index contributed by atoms with van der Waals surface area (Å²) in [6.45, 7) is 6.33. The topological polar surface area (TPSA) is 55.1 Å². The molecule has 1 atom stereocenters. The summed E-state index contributed by atoms with van der Waals surface area (Å²) >= 11 is 0. The van der Waals surface area contributed by atoms with Crippen molar-refractivity contribution < 1.29 is 4.79 Å². The standard InChI is InChI=1S/C8H18N2O/c1-6(2)4-8(9)5-10-7(3)11/h6,8H,4-5,9H2,1-3H3,(H,10,11)/t8-/m0/s1. The molecule has 0 aromatic heterocycles. The quantitative estimate of drug-likeness (QED) is 0.626. The van der Waals surface area contributed by atoms with Gasteiger partial charge in [-0.05, 0) is 12.3 Å². The van der Waals surface area contributed by atoms with Crippen LogP contribution in [-0.4, -0.2) is 18.5 Å². The van der Waals surface area contributed by atoms with Gasteiger partial charge in [0.2, 0.25) is 5.91 Å². The average Bonchev–Trinajstić information content (AvgIpc) is 1.82. The van der Waals surface area contributed by atoms with Gasteiger partial charge in [0.05, 0.1) is 0 Å². The highest BCUT2D eigenvalue weighted by Gasteiger charge is 2.04. The predicted octanol–water partition coefficient (Wildman–Crippen LogP) is 0.496. The second-order valence-corrected chi connectivity index (χ2v) is 3.33. The number of nitrogens with one attached hydrogen (secondary N) is 1. The maximum absolute atomic E-state index is 10.5. The van der Waals surface area contributed by atoms with Crippen LogP contribution in [0.1, 0.15) is 27.2 Å². The van der Waals surface area contributed by atoms with E-state index in [0.717, 1.165) is 6.42 Å². The predicted molar refractivity (Wildman–Crippen MR) is 46.1 cm³/mol. The summed E-state index contributed by atoms with van der Waals surface area (Å²) in [7, 11) is 0. The van der Waals surface area contributed by atoms with Crippen molar-refractivity contribution in [3.05, 3.63) is 0 Å². The SMILES string of the molecule is CC(=O)NC[C@@H](N)CC(C)C. The van der Waals surface area contributed by atoms with Crippen LogP contribution >= 0.6 is 0 Å². The lowest BCUT2D eigenvalue weighted by atomic mass is 10.0. The molecule has 0 saturated carbocycles. The number of nitrogens with two attached hydrogens (primary N) is 1. The van der Waals surface area contributed by atoms with Gasteiger partial charge in [-0.15, -0.1) is 0 Å². The Kier molecular flexibility index (Phi) is 4.86. The van der Waals surface area contributed by atoms with Gasteiger partial charge in [0.15, 0.2) is 0 Å². The molecule has 0 rings (SSSR count). The first kappa shape index (κ1) is 10.4. The monoisotopic (exact) mass is 158 g/mol. The highest BCUT2D eigenvalue weighted by molar-refractivity contribution is 5.72. The second kappa shape index (κ2) is 5.13. The molecule has 3 heteroatoms. The summed E-state index contributed by atoms with van der Waals surface area (Å²) in [6.07, 6.45) is 0.959. The van der Waals surface area contributed by atoms with Crippen molar-refractivity contribution in [1.29, 1.82) is 0 Å². The van der Waals surface area contributed by atoms with Crippen molar-refractivity contribution in [1.82, 2.24) is 5.32 Å². The molecule has 0 saturated heterocycles. The van der Waals surface area contributed by atoms with E-state index >= 15 is 0 Å². The van der Waals surface area contributed by atoms with Gasteiger partial charge in [0.1, 0.15) is 0 Å². The Labute approximate surface area is 68.3 Å². The normalized spacial score (nSPS) is 13.2. The Morgan fingerprint density at radius 2 is 2.09 bits per heavy atom. The van der Waals surface area contributed by atoms with Crippen LogP contribution in [0.5, 0.6) is 0 Å². The van der Waals surface area contributed by atoms with E-state index < -0.39 is 0 Å². The number of carbonyl (C=O) groups excluding carboxylic acids is 1. The molecule has 0 unspecified atom stereocenters. The van der Waals surface area contributed by atoms with Crippen molar-refractivity contribution in [2.75, 3.05) is 6.54 Å². The molecule has 0 heterocycles. The molecule has 3 N–H and O–H groups in total. The van der Waals surface area contributed by atoms with E-state index in [-0.39, 0.29) is 11.9 Å². The maximum atomic E-state index is 10.5. The fraction of sp³-hybridized carbons (Fsp3) is 0.875. The smallest absolute Gasteiger partial charge is 0.216 e. The Bertz CT molecular complexity index is 123. The first-order valence-corrected chi connectivity index (χ1v) is 4.02. The van der Waals surface area contributed by atoms with Crippen LogP contribution in [-0.2, 0) is 4.79 Å². The molecule has 0 bridgehead atoms. The van der Waals surface area contributed by atoms with Crippen molar-refractivity contribution in [2.45, 2.75) is 33.2 Å². The molecule has 11 heavy (non-hydrogen) atoms. The van der Waals surface area contributed by atoms with Gasteiger partial charge in [0, 0.05) is 19.5 Å². The Balaban J connectivity index is 3.37. The molecule has 0 fully saturated rings. The average molecular weight is 158 g/mol. The highest BCUT2D eigenvalue weighted by Crippen LogP contribution is 2.01. The first-order valence-electron chi connectivity index (χ1n) is 4.02. The molecular weight excluding hydrogens is 140 g/mol. The van der Waals surface area contributed by atoms with Gasteiger partial charge < -0.3 is 11.1 Å². The van der Waals surface area contributed by atoms with E-state index in [1.54, 1.807) is 0 Å². The molecule has 0 aliphatic heterocycles. The number of rotatable bonds is 4. The summed E-state index contributed by atoms with van der Waals surface area (Å²) in [5.41, 5.74) is 5.71. The molecule has 0 aliphatic carbocycles. The maximum Gasteiger partial charge on any atom is 0.216 e. The van der Waals surface area contributed by atoms with E-state index in [0.29, 0.717) is 12.5 Å². The molecule has 1 amide bonds. The third-order valence-corrected chi connectivity index (χ3v) is 1.39. The molecule has 0 aromatic carbocycles. The molecular formula is C8H18N2O. The van der Waals surface area contributed by atoms with Crippen LogP contribution < -0.4 is 11.1 Å². The fourth-order valence-corrected chi connectivity index (χ4v) is 0.964. The largest absolute Gasteiger partial charge is 0.355 e. The van der Waals surface area contributed by atoms with E-state index in [1.807, 2.05) is 0 Å². The number of amides is 1. The number of hydrogen-bond donors (Lipinski definition) is 2. The Morgan fingerprint density at radius 3 is 2.45 bits per heavy atom. The molecule has 3 nitrogen and oxygen atoms in total. The lowest BCUT2D eigenvalue weighted by Crippen LogP contribution is -2.36. The van der Waals surface area contributed by atoms with Crippen LogP contribution in [0.25, 0.3) is 0 Å². The third-order valence-electron chi connectivity index (χ3n) is 1.39. The fourth-order valence-electron chi connectivity index (χ4n) is 0.964. The highest BCUT2D eigenvalue weighted by atomic mass is 16.1. The number of hydrogen-bond acceptors (Lipinski definition) is 2. The van der Waals surface area contributed by atoms with Crippen molar-refractivity contribution in [3.63, 3.8) is 0 Å². The number of carbonyl (C=O) groups is 1. The van der Waals surface area contributed by atoms with Crippen LogP contribution in [0.4, 0.5) is 0 Å². The zero-order valence-electron chi connectivity index (χ0n) is 7.55. The van der Waals surface area contributed by atoms with Crippen molar-refractivity contribution >= 4 is 5.91 Å². The third kappa shape index (κ3) is 7.33. The van der Waals surface area contributed by atoms with Gasteiger partial charge in [0.25, 0.3) is 0 Å². The first-order chi connectivity index (χ1) is 5.02. The minimum atomic E-state index is -0.00999. The van der Waals surface area contributed by atoms with Crippen LogP contribution in [0.2, 0.25) is 0 Å². The van der Waals surface area contributed by atoms with Gasteiger partial charge >= 0.3 is 0 Å². The van der Waals surface area contributed by atoms with E-state index in [4.69, 9.17) is 5.73 Å². The summed E-state index contributed by atoms with van der Waals surface area (Å²) in [4.78, 5) is 10.5. The second-order valence-electron chi connectivity index (χ2n) is 3.33. The van der Waals surface area contributed by atoms with Crippen LogP contribution in [0.15, 0.2) is 0 Å². The van der Waals surface area contributed by atoms with Gasteiger partial charge in [-0.3, -0.25) is 4.79 Å². The van der Waals surface area contributed by atoms with Gasteiger partial charge in [-0.2, -0.15) is 0 Å². The summed E-state index contributed by atoms with van der Waals surface area (Å²) < 4.78 is 0. The minimum Gasteiger partial charge on any atom is -0.355 e. The summed E-state index contributed by atoms with van der Waals surface area (Å²) in [6, 6.07) is 0.0962. The zero-order chi connectivity index (χ0) is 8.85. The van der Waals surface area contributed by atoms with Crippen LogP contribution in [0, 0.1) is 5.92 Å².